The molecule has 0 amide bonds. The summed E-state index contributed by atoms with van der Waals surface area (Å²) in [7, 11) is 0. The van der Waals surface area contributed by atoms with Crippen LogP contribution in [0.4, 0.5) is 0 Å². The van der Waals surface area contributed by atoms with Crippen LogP contribution in [0.5, 0.6) is 5.75 Å². The second kappa shape index (κ2) is 9.98. The second-order valence-electron chi connectivity index (χ2n) is 9.96. The maximum Gasteiger partial charge on any atom is 0.115 e. The van der Waals surface area contributed by atoms with E-state index < -0.39 is 0 Å². The summed E-state index contributed by atoms with van der Waals surface area (Å²) in [5, 5.41) is 9.96. The minimum Gasteiger partial charge on any atom is -0.508 e. The van der Waals surface area contributed by atoms with Gasteiger partial charge in [0.2, 0.25) is 0 Å². The Balaban J connectivity index is 1.70. The molecule has 2 aromatic carbocycles. The summed E-state index contributed by atoms with van der Waals surface area (Å²) >= 11 is 0. The smallest absolute Gasteiger partial charge is 0.115 e. The molecule has 3 nitrogen and oxygen atoms in total. The average molecular weight is 409 g/mol. The highest BCUT2D eigenvalue weighted by atomic mass is 16.3. The van der Waals surface area contributed by atoms with Crippen molar-refractivity contribution in [3.05, 3.63) is 65.2 Å². The number of phenols is 1. The summed E-state index contributed by atoms with van der Waals surface area (Å²) in [5.41, 5.74) is 4.07. The van der Waals surface area contributed by atoms with E-state index in [1.807, 2.05) is 12.1 Å². The van der Waals surface area contributed by atoms with Crippen LogP contribution in [0, 0.1) is 0 Å². The van der Waals surface area contributed by atoms with Crippen LogP contribution in [-0.4, -0.2) is 47.1 Å². The number of hydrogen-bond donors (Lipinski definition) is 1. The Morgan fingerprint density at radius 2 is 1.80 bits per heavy atom. The predicted octanol–water partition coefficient (Wildman–Crippen LogP) is 5.78. The predicted molar refractivity (Wildman–Crippen MR) is 127 cm³/mol. The fraction of sp³-hybridized carbons (Fsp3) is 0.556. The van der Waals surface area contributed by atoms with Crippen molar-refractivity contribution in [3.63, 3.8) is 0 Å². The Kier molecular flexibility index (Phi) is 7.60. The van der Waals surface area contributed by atoms with Crippen molar-refractivity contribution < 1.29 is 5.11 Å². The highest BCUT2D eigenvalue weighted by molar-refractivity contribution is 5.32. The van der Waals surface area contributed by atoms with E-state index in [9.17, 15) is 5.11 Å². The SMILES string of the molecule is CCCN1CCN(Cc2ccc(C(C)C)cc2)CC1CC(C)(C)c1cccc(O)c1. The molecular formula is C27H40N2O. The first-order chi connectivity index (χ1) is 14.3. The van der Waals surface area contributed by atoms with Gasteiger partial charge in [0.25, 0.3) is 0 Å². The van der Waals surface area contributed by atoms with Crippen molar-refractivity contribution in [1.82, 2.24) is 9.80 Å². The van der Waals surface area contributed by atoms with Crippen molar-refractivity contribution in [1.29, 1.82) is 0 Å². The highest BCUT2D eigenvalue weighted by Crippen LogP contribution is 2.33. The zero-order chi connectivity index (χ0) is 21.7. The van der Waals surface area contributed by atoms with Gasteiger partial charge in [0.1, 0.15) is 5.75 Å². The number of aromatic hydroxyl groups is 1. The molecule has 0 bridgehead atoms. The van der Waals surface area contributed by atoms with Crippen molar-refractivity contribution in [2.24, 2.45) is 0 Å². The van der Waals surface area contributed by atoms with Gasteiger partial charge in [-0.1, -0.05) is 71.0 Å². The molecule has 30 heavy (non-hydrogen) atoms. The van der Waals surface area contributed by atoms with Crippen molar-refractivity contribution in [2.75, 3.05) is 26.2 Å². The molecule has 0 aliphatic carbocycles. The lowest BCUT2D eigenvalue weighted by molar-refractivity contribution is 0.0549. The van der Waals surface area contributed by atoms with Crippen molar-refractivity contribution >= 4 is 0 Å². The summed E-state index contributed by atoms with van der Waals surface area (Å²) in [6.07, 6.45) is 2.29. The van der Waals surface area contributed by atoms with E-state index in [0.717, 1.165) is 39.1 Å². The van der Waals surface area contributed by atoms with Crippen LogP contribution in [-0.2, 0) is 12.0 Å². The maximum absolute atomic E-state index is 9.96. The highest BCUT2D eigenvalue weighted by Gasteiger charge is 2.32. The molecule has 1 aliphatic heterocycles. The number of piperazine rings is 1. The van der Waals surface area contributed by atoms with Crippen LogP contribution >= 0.6 is 0 Å². The molecule has 0 spiro atoms. The van der Waals surface area contributed by atoms with Gasteiger partial charge < -0.3 is 5.11 Å². The molecule has 164 valence electrons. The third-order valence-corrected chi connectivity index (χ3v) is 6.63. The van der Waals surface area contributed by atoms with E-state index in [-0.39, 0.29) is 5.41 Å². The number of hydrogen-bond acceptors (Lipinski definition) is 3. The lowest BCUT2D eigenvalue weighted by Gasteiger charge is -2.44. The Morgan fingerprint density at radius 1 is 1.07 bits per heavy atom. The number of rotatable bonds is 8. The summed E-state index contributed by atoms with van der Waals surface area (Å²) < 4.78 is 0. The molecule has 2 aromatic rings. The standard InChI is InChI=1S/C27H40N2O/c1-6-14-29-16-15-28(19-22-10-12-23(13-11-22)21(2)3)20-25(29)18-27(4,5)24-8-7-9-26(30)17-24/h7-13,17,21,25,30H,6,14-16,18-20H2,1-5H3. The van der Waals surface area contributed by atoms with E-state index >= 15 is 0 Å². The normalized spacial score (nSPS) is 18.8. The summed E-state index contributed by atoms with van der Waals surface area (Å²) in [6.45, 7) is 17.0. The van der Waals surface area contributed by atoms with Crippen LogP contribution in [0.25, 0.3) is 0 Å². The largest absolute Gasteiger partial charge is 0.508 e. The van der Waals surface area contributed by atoms with Gasteiger partial charge in [-0.3, -0.25) is 9.80 Å². The molecule has 1 N–H and O–H groups in total. The lowest BCUT2D eigenvalue weighted by Crippen LogP contribution is -2.54. The quantitative estimate of drug-likeness (QED) is 0.600. The molecule has 1 heterocycles. The maximum atomic E-state index is 9.96. The molecule has 1 saturated heterocycles. The Hall–Kier alpha value is -1.84. The van der Waals surface area contributed by atoms with Gasteiger partial charge in [0, 0.05) is 32.2 Å². The molecule has 3 heteroatoms. The number of phenolic OH excluding ortho intramolecular Hbond substituents is 1. The molecule has 3 rings (SSSR count). The van der Waals surface area contributed by atoms with Crippen LogP contribution < -0.4 is 0 Å². The number of benzene rings is 2. The lowest BCUT2D eigenvalue weighted by atomic mass is 9.78. The topological polar surface area (TPSA) is 26.7 Å². The van der Waals surface area contributed by atoms with Crippen LogP contribution in [0.15, 0.2) is 48.5 Å². The first-order valence-corrected chi connectivity index (χ1v) is 11.6. The van der Waals surface area contributed by atoms with Crippen LogP contribution in [0.3, 0.4) is 0 Å². The first kappa shape index (κ1) is 22.8. The zero-order valence-corrected chi connectivity index (χ0v) is 19.6. The zero-order valence-electron chi connectivity index (χ0n) is 19.6. The minimum atomic E-state index is 0.0251. The van der Waals surface area contributed by atoms with Gasteiger partial charge in [-0.15, -0.1) is 0 Å². The van der Waals surface area contributed by atoms with Crippen LogP contribution in [0.2, 0.25) is 0 Å². The second-order valence-corrected chi connectivity index (χ2v) is 9.96. The molecule has 1 aliphatic rings. The van der Waals surface area contributed by atoms with E-state index in [1.165, 1.54) is 23.1 Å². The molecule has 0 saturated carbocycles. The first-order valence-electron chi connectivity index (χ1n) is 11.6. The Bertz CT molecular complexity index is 797. The van der Waals surface area contributed by atoms with Gasteiger partial charge in [-0.2, -0.15) is 0 Å². The molecule has 1 atom stereocenters. The molecule has 1 unspecified atom stereocenters. The van der Waals surface area contributed by atoms with E-state index in [1.54, 1.807) is 6.07 Å². The third-order valence-electron chi connectivity index (χ3n) is 6.63. The van der Waals surface area contributed by atoms with E-state index in [2.05, 4.69) is 74.8 Å². The summed E-state index contributed by atoms with van der Waals surface area (Å²) in [6, 6.07) is 17.5. The fourth-order valence-electron chi connectivity index (χ4n) is 4.78. The molecular weight excluding hydrogens is 368 g/mol. The van der Waals surface area contributed by atoms with Gasteiger partial charge in [0.05, 0.1) is 0 Å². The molecule has 0 radical (unpaired) electrons. The monoisotopic (exact) mass is 408 g/mol. The fourth-order valence-corrected chi connectivity index (χ4v) is 4.78. The molecule has 1 fully saturated rings. The van der Waals surface area contributed by atoms with Gasteiger partial charge in [0.15, 0.2) is 0 Å². The van der Waals surface area contributed by atoms with Gasteiger partial charge >= 0.3 is 0 Å². The van der Waals surface area contributed by atoms with Crippen LogP contribution in [0.1, 0.15) is 70.1 Å². The summed E-state index contributed by atoms with van der Waals surface area (Å²) in [5.74, 6) is 0.946. The Morgan fingerprint density at radius 3 is 2.43 bits per heavy atom. The van der Waals surface area contributed by atoms with E-state index in [4.69, 9.17) is 0 Å². The van der Waals surface area contributed by atoms with Crippen molar-refractivity contribution in [2.45, 2.75) is 71.4 Å². The van der Waals surface area contributed by atoms with Gasteiger partial charge in [-0.25, -0.2) is 0 Å². The van der Waals surface area contributed by atoms with Crippen molar-refractivity contribution in [3.8, 4) is 5.75 Å². The van der Waals surface area contributed by atoms with E-state index in [0.29, 0.717) is 17.7 Å². The Labute approximate surface area is 183 Å². The third kappa shape index (κ3) is 5.86. The average Bonchev–Trinajstić information content (AvgIpc) is 2.70. The minimum absolute atomic E-state index is 0.0251. The summed E-state index contributed by atoms with van der Waals surface area (Å²) in [4.78, 5) is 5.31. The van der Waals surface area contributed by atoms with Gasteiger partial charge in [-0.05, 0) is 59.5 Å². The number of nitrogens with zero attached hydrogens (tertiary/aromatic N) is 2. The molecule has 0 aromatic heterocycles.